The molecule has 0 bridgehead atoms. The summed E-state index contributed by atoms with van der Waals surface area (Å²) in [5.74, 6) is 0.0316. The van der Waals surface area contributed by atoms with Crippen LogP contribution in [0.15, 0.2) is 40.9 Å². The predicted molar refractivity (Wildman–Crippen MR) is 79.3 cm³/mol. The first-order valence-corrected chi connectivity index (χ1v) is 6.79. The molecule has 0 aliphatic rings. The lowest BCUT2D eigenvalue weighted by molar-refractivity contribution is -0.141. The molecule has 0 atom stereocenters. The molecule has 1 aromatic heterocycles. The van der Waals surface area contributed by atoms with Gasteiger partial charge in [-0.1, -0.05) is 34.2 Å². The SMILES string of the molecule is NC(=S)c1ccc(C(F)(F)F)nc1Oc1cccc(Br)c1. The van der Waals surface area contributed by atoms with E-state index >= 15 is 0 Å². The Kier molecular flexibility index (Phi) is 4.48. The van der Waals surface area contributed by atoms with Crippen LogP contribution in [0.1, 0.15) is 11.3 Å². The number of rotatable bonds is 3. The molecule has 0 spiro atoms. The third kappa shape index (κ3) is 3.92. The van der Waals surface area contributed by atoms with Crippen molar-refractivity contribution in [3.63, 3.8) is 0 Å². The molecule has 0 saturated carbocycles. The number of thiocarbonyl (C=S) groups is 1. The number of nitrogens with zero attached hydrogens (tertiary/aromatic N) is 1. The zero-order valence-electron chi connectivity index (χ0n) is 10.3. The van der Waals surface area contributed by atoms with Gasteiger partial charge in [0.25, 0.3) is 0 Å². The van der Waals surface area contributed by atoms with Crippen LogP contribution in [0.5, 0.6) is 11.6 Å². The average molecular weight is 377 g/mol. The van der Waals surface area contributed by atoms with Gasteiger partial charge >= 0.3 is 6.18 Å². The Bertz CT molecular complexity index is 691. The van der Waals surface area contributed by atoms with Crippen molar-refractivity contribution in [2.24, 2.45) is 5.73 Å². The molecule has 110 valence electrons. The number of nitrogens with two attached hydrogens (primary N) is 1. The molecule has 0 unspecified atom stereocenters. The lowest BCUT2D eigenvalue weighted by Crippen LogP contribution is -2.15. The van der Waals surface area contributed by atoms with E-state index in [4.69, 9.17) is 22.7 Å². The third-order valence-corrected chi connectivity index (χ3v) is 3.14. The van der Waals surface area contributed by atoms with Crippen molar-refractivity contribution in [3.8, 4) is 11.6 Å². The van der Waals surface area contributed by atoms with Gasteiger partial charge in [0.05, 0.1) is 5.56 Å². The summed E-state index contributed by atoms with van der Waals surface area (Å²) < 4.78 is 44.2. The van der Waals surface area contributed by atoms with Gasteiger partial charge in [0.15, 0.2) is 0 Å². The summed E-state index contributed by atoms with van der Waals surface area (Å²) in [6, 6.07) is 8.55. The first-order valence-electron chi connectivity index (χ1n) is 5.59. The second kappa shape index (κ2) is 5.98. The molecule has 1 heterocycles. The summed E-state index contributed by atoms with van der Waals surface area (Å²) in [6.45, 7) is 0. The Morgan fingerprint density at radius 1 is 1.24 bits per heavy atom. The highest BCUT2D eigenvalue weighted by molar-refractivity contribution is 9.10. The molecular weight excluding hydrogens is 369 g/mol. The van der Waals surface area contributed by atoms with Crippen LogP contribution in [0.3, 0.4) is 0 Å². The number of halogens is 4. The molecular formula is C13H8BrF3N2OS. The zero-order chi connectivity index (χ0) is 15.6. The number of pyridine rings is 1. The maximum atomic E-state index is 12.7. The molecule has 2 N–H and O–H groups in total. The highest BCUT2D eigenvalue weighted by atomic mass is 79.9. The van der Waals surface area contributed by atoms with Crippen LogP contribution in [-0.4, -0.2) is 9.97 Å². The first-order chi connectivity index (χ1) is 9.77. The van der Waals surface area contributed by atoms with E-state index in [0.717, 1.165) is 12.1 Å². The van der Waals surface area contributed by atoms with Gasteiger partial charge in [0, 0.05) is 4.47 Å². The first kappa shape index (κ1) is 15.7. The van der Waals surface area contributed by atoms with Crippen molar-refractivity contribution in [1.82, 2.24) is 4.98 Å². The van der Waals surface area contributed by atoms with Gasteiger partial charge in [-0.2, -0.15) is 13.2 Å². The molecule has 8 heteroatoms. The second-order valence-electron chi connectivity index (χ2n) is 3.97. The van der Waals surface area contributed by atoms with Crippen LogP contribution in [-0.2, 0) is 6.18 Å². The van der Waals surface area contributed by atoms with E-state index in [-0.39, 0.29) is 16.4 Å². The lowest BCUT2D eigenvalue weighted by Gasteiger charge is -2.12. The molecule has 2 rings (SSSR count). The molecule has 0 saturated heterocycles. The Labute approximate surface area is 132 Å². The molecule has 0 fully saturated rings. The van der Waals surface area contributed by atoms with Crippen molar-refractivity contribution in [1.29, 1.82) is 0 Å². The van der Waals surface area contributed by atoms with Crippen molar-refractivity contribution in [3.05, 3.63) is 52.1 Å². The summed E-state index contributed by atoms with van der Waals surface area (Å²) in [4.78, 5) is 3.36. The molecule has 0 aliphatic carbocycles. The van der Waals surface area contributed by atoms with Crippen LogP contribution in [0.2, 0.25) is 0 Å². The molecule has 0 radical (unpaired) electrons. The van der Waals surface area contributed by atoms with Gasteiger partial charge in [-0.3, -0.25) is 0 Å². The minimum absolute atomic E-state index is 0.0961. The Morgan fingerprint density at radius 3 is 2.52 bits per heavy atom. The van der Waals surface area contributed by atoms with E-state index in [1.54, 1.807) is 24.3 Å². The van der Waals surface area contributed by atoms with E-state index in [1.807, 2.05) is 0 Å². The molecule has 21 heavy (non-hydrogen) atoms. The van der Waals surface area contributed by atoms with E-state index in [0.29, 0.717) is 10.2 Å². The van der Waals surface area contributed by atoms with E-state index in [2.05, 4.69) is 20.9 Å². The lowest BCUT2D eigenvalue weighted by atomic mass is 10.2. The molecule has 1 aromatic carbocycles. The zero-order valence-corrected chi connectivity index (χ0v) is 12.7. The predicted octanol–water partition coefficient (Wildman–Crippen LogP) is 4.29. The van der Waals surface area contributed by atoms with Crippen LogP contribution in [0.4, 0.5) is 13.2 Å². The average Bonchev–Trinajstić information content (AvgIpc) is 2.37. The Balaban J connectivity index is 2.46. The van der Waals surface area contributed by atoms with Gasteiger partial charge in [0.1, 0.15) is 16.4 Å². The number of alkyl halides is 3. The Morgan fingerprint density at radius 2 is 1.95 bits per heavy atom. The molecule has 2 aromatic rings. The fraction of sp³-hybridized carbons (Fsp3) is 0.0769. The largest absolute Gasteiger partial charge is 0.438 e. The van der Waals surface area contributed by atoms with Crippen molar-refractivity contribution < 1.29 is 17.9 Å². The van der Waals surface area contributed by atoms with Crippen molar-refractivity contribution in [2.75, 3.05) is 0 Å². The minimum atomic E-state index is -4.58. The minimum Gasteiger partial charge on any atom is -0.438 e. The monoisotopic (exact) mass is 376 g/mol. The topological polar surface area (TPSA) is 48.1 Å². The molecule has 3 nitrogen and oxygen atoms in total. The quantitative estimate of drug-likeness (QED) is 0.811. The van der Waals surface area contributed by atoms with Crippen molar-refractivity contribution >= 4 is 33.1 Å². The van der Waals surface area contributed by atoms with Crippen LogP contribution >= 0.6 is 28.1 Å². The summed E-state index contributed by atoms with van der Waals surface area (Å²) >= 11 is 8.03. The smallest absolute Gasteiger partial charge is 0.433 e. The number of ether oxygens (including phenoxy) is 1. The van der Waals surface area contributed by atoms with Gasteiger partial charge in [-0.05, 0) is 30.3 Å². The molecule has 0 aliphatic heterocycles. The highest BCUT2D eigenvalue weighted by Gasteiger charge is 2.33. The summed E-state index contributed by atoms with van der Waals surface area (Å²) in [6.07, 6.45) is -4.58. The summed E-state index contributed by atoms with van der Waals surface area (Å²) in [5, 5.41) is 0. The maximum Gasteiger partial charge on any atom is 0.433 e. The maximum absolute atomic E-state index is 12.7. The van der Waals surface area contributed by atoms with Gasteiger partial charge in [0.2, 0.25) is 5.88 Å². The van der Waals surface area contributed by atoms with Crippen molar-refractivity contribution in [2.45, 2.75) is 6.18 Å². The standard InChI is InChI=1S/C13H8BrF3N2OS/c14-7-2-1-3-8(6-7)20-12-9(11(18)21)4-5-10(19-12)13(15,16)17/h1-6H,(H2,18,21). The van der Waals surface area contributed by atoms with Gasteiger partial charge in [-0.15, -0.1) is 0 Å². The highest BCUT2D eigenvalue weighted by Crippen LogP contribution is 2.32. The van der Waals surface area contributed by atoms with Gasteiger partial charge in [-0.25, -0.2) is 4.98 Å². The third-order valence-electron chi connectivity index (χ3n) is 2.43. The fourth-order valence-corrected chi connectivity index (χ4v) is 2.04. The van der Waals surface area contributed by atoms with E-state index in [9.17, 15) is 13.2 Å². The normalized spacial score (nSPS) is 11.2. The van der Waals surface area contributed by atoms with E-state index in [1.165, 1.54) is 0 Å². The number of hydrogen-bond donors (Lipinski definition) is 1. The van der Waals surface area contributed by atoms with Gasteiger partial charge < -0.3 is 10.5 Å². The van der Waals surface area contributed by atoms with Crippen LogP contribution in [0, 0.1) is 0 Å². The van der Waals surface area contributed by atoms with Crippen LogP contribution < -0.4 is 10.5 Å². The number of aromatic nitrogens is 1. The fourth-order valence-electron chi connectivity index (χ4n) is 1.51. The number of hydrogen-bond acceptors (Lipinski definition) is 3. The van der Waals surface area contributed by atoms with E-state index < -0.39 is 11.9 Å². The summed E-state index contributed by atoms with van der Waals surface area (Å²) in [5.41, 5.74) is 4.54. The molecule has 0 amide bonds. The Hall–Kier alpha value is -1.67. The summed E-state index contributed by atoms with van der Waals surface area (Å²) in [7, 11) is 0. The number of benzene rings is 1. The second-order valence-corrected chi connectivity index (χ2v) is 5.33. The van der Waals surface area contributed by atoms with Crippen LogP contribution in [0.25, 0.3) is 0 Å².